The third kappa shape index (κ3) is 4.36. The molecule has 0 saturated heterocycles. The van der Waals surface area contributed by atoms with Crippen LogP contribution in [0.2, 0.25) is 0 Å². The van der Waals surface area contributed by atoms with Crippen LogP contribution in [0, 0.1) is 12.3 Å². The van der Waals surface area contributed by atoms with Crippen molar-refractivity contribution in [3.05, 3.63) is 34.2 Å². The molecule has 7 nitrogen and oxygen atoms in total. The number of terminal acetylenes is 1. The lowest BCUT2D eigenvalue weighted by molar-refractivity contribution is -0.140. The Bertz CT molecular complexity index is 991. The summed E-state index contributed by atoms with van der Waals surface area (Å²) in [7, 11) is 0. The second-order valence-corrected chi connectivity index (χ2v) is 6.26. The smallest absolute Gasteiger partial charge is 0.352 e. The van der Waals surface area contributed by atoms with Gasteiger partial charge in [-0.25, -0.2) is 4.79 Å². The van der Waals surface area contributed by atoms with Gasteiger partial charge in [0.2, 0.25) is 0 Å². The van der Waals surface area contributed by atoms with Gasteiger partial charge in [0.1, 0.15) is 6.54 Å². The van der Waals surface area contributed by atoms with E-state index < -0.39 is 30.0 Å². The summed E-state index contributed by atoms with van der Waals surface area (Å²) in [5, 5.41) is 10.6. The highest BCUT2D eigenvalue weighted by molar-refractivity contribution is 5.97. The second-order valence-electron chi connectivity index (χ2n) is 6.26. The minimum absolute atomic E-state index is 0.0164. The zero-order chi connectivity index (χ0) is 19.7. The van der Waals surface area contributed by atoms with Crippen LogP contribution in [0.5, 0.6) is 0 Å². The lowest BCUT2D eigenvalue weighted by atomic mass is 10.0. The van der Waals surface area contributed by atoms with E-state index in [0.29, 0.717) is 23.8 Å². The summed E-state index contributed by atoms with van der Waals surface area (Å²) in [6.45, 7) is -1.14. The maximum atomic E-state index is 12.7. The Labute approximate surface area is 151 Å². The summed E-state index contributed by atoms with van der Waals surface area (Å²) in [6.07, 6.45) is 2.29. The summed E-state index contributed by atoms with van der Waals surface area (Å²) >= 11 is 0. The van der Waals surface area contributed by atoms with Gasteiger partial charge in [0.15, 0.2) is 5.66 Å². The van der Waals surface area contributed by atoms with Gasteiger partial charge in [0.05, 0.1) is 11.0 Å². The highest BCUT2D eigenvalue weighted by Crippen LogP contribution is 2.36. The predicted molar refractivity (Wildman–Crippen MR) is 91.2 cm³/mol. The first-order valence-corrected chi connectivity index (χ1v) is 8.18. The molecular weight excluding hydrogens is 363 g/mol. The minimum atomic E-state index is -4.55. The highest BCUT2D eigenvalue weighted by atomic mass is 19.4. The topological polar surface area (TPSA) is 91.6 Å². The van der Waals surface area contributed by atoms with Gasteiger partial charge in [-0.1, -0.05) is 0 Å². The Balaban J connectivity index is 1.69. The summed E-state index contributed by atoms with van der Waals surface area (Å²) in [5.41, 5.74) is -1.02. The number of carbonyl (C=O) groups is 1. The van der Waals surface area contributed by atoms with E-state index in [1.54, 1.807) is 0 Å². The molecule has 142 valence electrons. The Morgan fingerprint density at radius 1 is 1.33 bits per heavy atom. The van der Waals surface area contributed by atoms with Crippen LogP contribution in [0.1, 0.15) is 29.6 Å². The van der Waals surface area contributed by atoms with Gasteiger partial charge in [0, 0.05) is 31.4 Å². The van der Waals surface area contributed by atoms with Crippen molar-refractivity contribution < 1.29 is 18.0 Å². The number of fused-ring (bicyclic) bond motifs is 1. The van der Waals surface area contributed by atoms with Crippen LogP contribution in [0.3, 0.4) is 0 Å². The Kier molecular flexibility index (Phi) is 4.78. The summed E-state index contributed by atoms with van der Waals surface area (Å²) in [5.74, 6) is 2.05. The van der Waals surface area contributed by atoms with Crippen LogP contribution in [-0.4, -0.2) is 33.8 Å². The van der Waals surface area contributed by atoms with Gasteiger partial charge in [-0.05, 0) is 18.2 Å². The van der Waals surface area contributed by atoms with Gasteiger partial charge in [-0.15, -0.1) is 12.3 Å². The van der Waals surface area contributed by atoms with Gasteiger partial charge in [-0.3, -0.25) is 9.36 Å². The zero-order valence-corrected chi connectivity index (χ0v) is 14.1. The predicted octanol–water partition coefficient (Wildman–Crippen LogP) is 2.59. The molecule has 2 aromatic rings. The maximum absolute atomic E-state index is 12.7. The fourth-order valence-electron chi connectivity index (χ4n) is 2.78. The van der Waals surface area contributed by atoms with Crippen molar-refractivity contribution in [1.29, 1.82) is 0 Å². The normalized spacial score (nSPS) is 14.9. The molecule has 0 spiro atoms. The quantitative estimate of drug-likeness (QED) is 0.724. The number of imidazole rings is 1. The molecule has 0 saturated carbocycles. The van der Waals surface area contributed by atoms with Gasteiger partial charge in [-0.2, -0.15) is 23.4 Å². The third-order valence-corrected chi connectivity index (χ3v) is 4.24. The molecule has 1 aromatic heterocycles. The van der Waals surface area contributed by atoms with Crippen LogP contribution in [0.15, 0.2) is 33.2 Å². The number of benzene rings is 1. The van der Waals surface area contributed by atoms with E-state index in [-0.39, 0.29) is 23.1 Å². The number of H-pyrrole nitrogens is 1. The molecule has 2 heterocycles. The Hall–Kier alpha value is -3.09. The number of aromatic nitrogens is 2. The number of amides is 1. The first-order valence-electron chi connectivity index (χ1n) is 8.18. The van der Waals surface area contributed by atoms with Crippen molar-refractivity contribution in [3.63, 3.8) is 0 Å². The molecule has 1 aliphatic rings. The molecule has 1 aromatic carbocycles. The average molecular weight is 379 g/mol. The fraction of sp³-hybridized carbons (Fsp3) is 0.412. The molecular formula is C17H16F3N5O2. The number of alkyl halides is 3. The van der Waals surface area contributed by atoms with Crippen LogP contribution < -0.4 is 11.0 Å². The largest absolute Gasteiger partial charge is 0.406 e. The summed E-state index contributed by atoms with van der Waals surface area (Å²) in [4.78, 5) is 26.4. The van der Waals surface area contributed by atoms with Crippen molar-refractivity contribution in [2.45, 2.75) is 37.6 Å². The molecule has 0 aliphatic carbocycles. The Morgan fingerprint density at radius 3 is 2.70 bits per heavy atom. The van der Waals surface area contributed by atoms with Crippen molar-refractivity contribution >= 4 is 16.9 Å². The van der Waals surface area contributed by atoms with Gasteiger partial charge < -0.3 is 10.3 Å². The molecule has 27 heavy (non-hydrogen) atoms. The van der Waals surface area contributed by atoms with Gasteiger partial charge in [0.25, 0.3) is 5.91 Å². The number of hydrogen-bond donors (Lipinski definition) is 2. The van der Waals surface area contributed by atoms with Crippen LogP contribution in [-0.2, 0) is 6.54 Å². The monoisotopic (exact) mass is 379 g/mol. The van der Waals surface area contributed by atoms with Crippen molar-refractivity contribution in [1.82, 2.24) is 14.9 Å². The molecule has 0 fully saturated rings. The molecule has 1 aliphatic heterocycles. The summed E-state index contributed by atoms with van der Waals surface area (Å²) in [6, 6.07) is 4.10. The number of carbonyl (C=O) groups excluding carboxylic acids is 1. The van der Waals surface area contributed by atoms with Crippen molar-refractivity contribution in [2.24, 2.45) is 10.2 Å². The number of halogens is 3. The van der Waals surface area contributed by atoms with Crippen molar-refractivity contribution in [3.8, 4) is 12.3 Å². The molecule has 0 bridgehead atoms. The van der Waals surface area contributed by atoms with E-state index in [9.17, 15) is 22.8 Å². The first kappa shape index (κ1) is 18.7. The number of aromatic amines is 1. The Morgan fingerprint density at radius 2 is 2.07 bits per heavy atom. The van der Waals surface area contributed by atoms with Gasteiger partial charge >= 0.3 is 11.9 Å². The third-order valence-electron chi connectivity index (χ3n) is 4.24. The number of rotatable bonds is 7. The molecule has 0 atom stereocenters. The number of hydrogen-bond acceptors (Lipinski definition) is 4. The lowest BCUT2D eigenvalue weighted by Gasteiger charge is -2.10. The van der Waals surface area contributed by atoms with E-state index in [0.717, 1.165) is 0 Å². The average Bonchev–Trinajstić information content (AvgIpc) is 3.31. The zero-order valence-electron chi connectivity index (χ0n) is 14.1. The number of nitrogens with zero attached hydrogens (tertiary/aromatic N) is 3. The summed E-state index contributed by atoms with van der Waals surface area (Å²) < 4.78 is 38.6. The lowest BCUT2D eigenvalue weighted by Crippen LogP contribution is -2.28. The second kappa shape index (κ2) is 6.90. The van der Waals surface area contributed by atoms with E-state index in [4.69, 9.17) is 6.42 Å². The van der Waals surface area contributed by atoms with Crippen molar-refractivity contribution in [2.75, 3.05) is 6.54 Å². The molecule has 3 rings (SSSR count). The standard InChI is InChI=1S/C17H16F3N5O2/c1-2-3-6-16(23-24-16)7-8-21-14(26)11-4-5-12-13(9-11)25(15(27)22-12)10-17(18,19)20/h1,4-5,9H,3,6-8,10H2,(H,21,26)(H,22,27). The SMILES string of the molecule is C#CCCC1(CCNC(=O)c2ccc3[nH]c(=O)n(CC(F)(F)F)c3c2)N=N1. The fourth-order valence-corrected chi connectivity index (χ4v) is 2.78. The van der Waals surface area contributed by atoms with E-state index in [2.05, 4.69) is 26.4 Å². The van der Waals surface area contributed by atoms with Crippen LogP contribution in [0.25, 0.3) is 11.0 Å². The molecule has 10 heteroatoms. The molecule has 0 unspecified atom stereocenters. The number of nitrogens with one attached hydrogen (secondary N) is 2. The minimum Gasteiger partial charge on any atom is -0.352 e. The molecule has 1 amide bonds. The van der Waals surface area contributed by atoms with E-state index in [1.807, 2.05) is 0 Å². The maximum Gasteiger partial charge on any atom is 0.406 e. The molecule has 0 radical (unpaired) electrons. The van der Waals surface area contributed by atoms with E-state index >= 15 is 0 Å². The van der Waals surface area contributed by atoms with Crippen LogP contribution >= 0.6 is 0 Å². The molecule has 2 N–H and O–H groups in total. The van der Waals surface area contributed by atoms with Crippen LogP contribution in [0.4, 0.5) is 13.2 Å². The van der Waals surface area contributed by atoms with E-state index in [1.165, 1.54) is 18.2 Å². The highest BCUT2D eigenvalue weighted by Gasteiger charge is 2.38. The first-order chi connectivity index (χ1) is 12.7.